The Morgan fingerprint density at radius 2 is 0.740 bits per heavy atom. The lowest BCUT2D eigenvalue weighted by atomic mass is 9.33. The second-order valence-corrected chi connectivity index (χ2v) is 37.7. The van der Waals surface area contributed by atoms with E-state index in [9.17, 15) is 11.0 Å². The van der Waals surface area contributed by atoms with E-state index in [1.165, 1.54) is 43.8 Å². The zero-order valence-corrected chi connectivity index (χ0v) is 73.3. The molecule has 0 spiro atoms. The number of hydrogen-bond donors (Lipinski definition) is 0. The molecule has 0 saturated heterocycles. The molecule has 0 fully saturated rings. The van der Waals surface area contributed by atoms with E-state index in [4.69, 9.17) is 0 Å². The first kappa shape index (κ1) is 69.9. The molecule has 0 bridgehead atoms. The van der Waals surface area contributed by atoms with E-state index >= 15 is 0 Å². The van der Waals surface area contributed by atoms with Gasteiger partial charge < -0.3 is 28.4 Å². The van der Waals surface area contributed by atoms with Gasteiger partial charge in [0, 0.05) is 115 Å². The van der Waals surface area contributed by atoms with E-state index in [0.717, 1.165) is 139 Å². The minimum absolute atomic E-state index is 0.0228. The highest BCUT2D eigenvalue weighted by Crippen LogP contribution is 2.48. The Morgan fingerprint density at radius 3 is 1.28 bits per heavy atom. The Kier molecular flexibility index (Phi) is 17.3. The number of hydrogen-bond acceptors (Lipinski definition) is 3. The van der Waals surface area contributed by atoms with E-state index in [0.29, 0.717) is 44.7 Å². The van der Waals surface area contributed by atoms with Crippen molar-refractivity contribution in [2.75, 3.05) is 27.8 Å². The van der Waals surface area contributed by atoms with E-state index in [1.54, 1.807) is 4.57 Å². The molecular formula is C120H103BN6. The lowest BCUT2D eigenvalue weighted by Crippen LogP contribution is -2.62. The van der Waals surface area contributed by atoms with Crippen LogP contribution < -0.4 is 31.1 Å². The van der Waals surface area contributed by atoms with E-state index in [1.807, 2.05) is 6.07 Å². The first-order valence-corrected chi connectivity index (χ1v) is 44.7. The molecule has 6 nitrogen and oxygen atoms in total. The average Bonchev–Trinajstić information content (AvgIpc) is 1.68. The molecule has 2 aliphatic rings. The zero-order valence-electron chi connectivity index (χ0n) is 81.3. The van der Waals surface area contributed by atoms with Gasteiger partial charge in [0.15, 0.2) is 0 Å². The van der Waals surface area contributed by atoms with Gasteiger partial charge in [-0.05, 0) is 250 Å². The SMILES string of the molecule is [2H]c1c([2H])c([2H])c2c(c1[2H])c1c([2H])c([2H])c([2H])c([2H])c1n2-c1ccc2c(c1)N(CCc1cc(-c3ccccc3)cc(-c3ccccc3)c1)c1cc(CCN(c3ccccc3)c3ccc(-n4c5ccccc5c5ccccc54)cc3)cc3c1B2c1ccc(Cn2c4ccc(C(C)(C)C)cc4c4cc(C(C)(C)C)ccc42)cc1N3Cc1c(-c2ccccc2)cc(C(C)(C)C)cc1-c1ccccc1. The summed E-state index contributed by atoms with van der Waals surface area (Å²) in [7, 11) is 0. The molecule has 0 N–H and O–H groups in total. The smallest absolute Gasteiger partial charge is 0.252 e. The van der Waals surface area contributed by atoms with E-state index in [2.05, 4.69) is 420 Å². The van der Waals surface area contributed by atoms with Crippen molar-refractivity contribution in [3.63, 3.8) is 0 Å². The third kappa shape index (κ3) is 14.2. The Labute approximate surface area is 757 Å². The maximum Gasteiger partial charge on any atom is 0.252 e. The van der Waals surface area contributed by atoms with Crippen LogP contribution in [0.4, 0.5) is 34.1 Å². The number of benzene rings is 17. The van der Waals surface area contributed by atoms with Crippen LogP contribution in [-0.2, 0) is 42.2 Å². The molecule has 616 valence electrons. The van der Waals surface area contributed by atoms with Gasteiger partial charge in [0.25, 0.3) is 6.71 Å². The highest BCUT2D eigenvalue weighted by Gasteiger charge is 2.44. The number of fused-ring (bicyclic) bond motifs is 13. The minimum atomic E-state index is -0.493. The van der Waals surface area contributed by atoms with Crippen molar-refractivity contribution in [2.45, 2.75) is 104 Å². The first-order chi connectivity index (χ1) is 65.2. The quantitative estimate of drug-likeness (QED) is 0.0801. The molecule has 0 radical (unpaired) electrons. The Balaban J connectivity index is 0.819. The lowest BCUT2D eigenvalue weighted by Gasteiger charge is -2.45. The fraction of sp³-hybridized carbons (Fsp3) is 0.150. The van der Waals surface area contributed by atoms with Crippen molar-refractivity contribution in [3.05, 3.63) is 427 Å². The van der Waals surface area contributed by atoms with E-state index < -0.39 is 30.9 Å². The van der Waals surface area contributed by atoms with Gasteiger partial charge in [-0.1, -0.05) is 329 Å². The maximum atomic E-state index is 9.94. The molecule has 0 saturated carbocycles. The predicted molar refractivity (Wildman–Crippen MR) is 542 cm³/mol. The third-order valence-electron chi connectivity index (χ3n) is 26.7. The molecular weight excluding hydrogens is 1540 g/mol. The molecule has 0 atom stereocenters. The van der Waals surface area contributed by atoms with E-state index in [-0.39, 0.29) is 62.2 Å². The van der Waals surface area contributed by atoms with Gasteiger partial charge in [-0.2, -0.15) is 0 Å². The largest absolute Gasteiger partial charge is 0.342 e. The lowest BCUT2D eigenvalue weighted by molar-refractivity contribution is 0.590. The second-order valence-electron chi connectivity index (χ2n) is 37.7. The van der Waals surface area contributed by atoms with Crippen molar-refractivity contribution in [3.8, 4) is 55.9 Å². The molecule has 0 unspecified atom stereocenters. The molecule has 20 aromatic rings. The zero-order chi connectivity index (χ0) is 92.9. The summed E-state index contributed by atoms with van der Waals surface area (Å²) >= 11 is 0. The molecule has 22 rings (SSSR count). The summed E-state index contributed by atoms with van der Waals surface area (Å²) in [5.41, 5.74) is 32.3. The number of nitrogens with zero attached hydrogens (tertiary/aromatic N) is 6. The molecule has 0 aliphatic carbocycles. The van der Waals surface area contributed by atoms with Gasteiger partial charge in [0.2, 0.25) is 0 Å². The van der Waals surface area contributed by atoms with Gasteiger partial charge in [-0.25, -0.2) is 0 Å². The average molecular weight is 1650 g/mol. The summed E-state index contributed by atoms with van der Waals surface area (Å²) in [5.74, 6) is 0. The summed E-state index contributed by atoms with van der Waals surface area (Å²) in [6.07, 6.45) is 1.13. The standard InChI is InChI=1S/C120H103BN6/c1-118(2,3)89-52-61-107-102(73-89)103-74-90(119(4,5)6)53-62-108(103)124(107)78-82-51-59-105-113(71-82)125(79-104-100(85-37-19-12-20-38-85)75-91(120(7,8)9)76-101(104)86-39-21-13-22-40-86)116-70-81(63-65-122(92-41-23-14-24-42-92)93-54-56-94(57-55-93)126-109-47-29-25-43-96(109)97-44-26-30-48-110(97)126)69-115-117(116)121(105)106-60-58-95(127-111-49-31-27-45-98(111)99-46-28-32-50-112(99)127)77-114(106)123(115)66-64-80-67-87(83-33-15-10-16-34-83)72-88(68-80)84-35-17-11-18-36-84/h10-62,67-77H,63-66,78-79H2,1-9H3/i27D,28D,31D,32D,45D,46D,49D,50D. The molecule has 17 aromatic carbocycles. The van der Waals surface area contributed by atoms with Gasteiger partial charge in [0.1, 0.15) is 0 Å². The summed E-state index contributed by atoms with van der Waals surface area (Å²) in [6.45, 7) is 22.3. The summed E-state index contributed by atoms with van der Waals surface area (Å²) < 4.78 is 82.9. The topological polar surface area (TPSA) is 24.5 Å². The van der Waals surface area contributed by atoms with Crippen LogP contribution in [0.1, 0.15) is 112 Å². The van der Waals surface area contributed by atoms with Crippen molar-refractivity contribution in [2.24, 2.45) is 0 Å². The van der Waals surface area contributed by atoms with Crippen LogP contribution in [0.2, 0.25) is 0 Å². The second kappa shape index (κ2) is 31.4. The van der Waals surface area contributed by atoms with Crippen LogP contribution in [0, 0.1) is 0 Å². The number of rotatable bonds is 18. The number of anilines is 6. The maximum absolute atomic E-state index is 9.94. The first-order valence-electron chi connectivity index (χ1n) is 48.7. The fourth-order valence-electron chi connectivity index (χ4n) is 20.2. The normalized spacial score (nSPS) is 13.6. The van der Waals surface area contributed by atoms with Gasteiger partial charge in [-0.3, -0.25) is 0 Å². The van der Waals surface area contributed by atoms with Crippen LogP contribution >= 0.6 is 0 Å². The minimum Gasteiger partial charge on any atom is -0.342 e. The highest BCUT2D eigenvalue weighted by atomic mass is 15.2. The number of para-hydroxylation sites is 5. The molecule has 5 heterocycles. The van der Waals surface area contributed by atoms with Gasteiger partial charge >= 0.3 is 0 Å². The third-order valence-corrected chi connectivity index (χ3v) is 26.7. The monoisotopic (exact) mass is 1650 g/mol. The number of aromatic nitrogens is 3. The Morgan fingerprint density at radius 1 is 0.299 bits per heavy atom. The Bertz CT molecular complexity index is 7830. The molecule has 3 aromatic heterocycles. The highest BCUT2D eigenvalue weighted by molar-refractivity contribution is 7.00. The van der Waals surface area contributed by atoms with Crippen molar-refractivity contribution in [1.29, 1.82) is 0 Å². The predicted octanol–water partition coefficient (Wildman–Crippen LogP) is 28.8. The molecule has 127 heavy (non-hydrogen) atoms. The van der Waals surface area contributed by atoms with Gasteiger partial charge in [0.05, 0.1) is 33.0 Å². The summed E-state index contributed by atoms with van der Waals surface area (Å²) in [4.78, 5) is 7.64. The van der Waals surface area contributed by atoms with Crippen molar-refractivity contribution in [1.82, 2.24) is 13.7 Å². The molecule has 2 aliphatic heterocycles. The van der Waals surface area contributed by atoms with Crippen LogP contribution in [0.15, 0.2) is 388 Å². The summed E-state index contributed by atoms with van der Waals surface area (Å²) in [6, 6.07) is 122. The van der Waals surface area contributed by atoms with Crippen molar-refractivity contribution < 1.29 is 11.0 Å². The molecule has 7 heteroatoms. The van der Waals surface area contributed by atoms with Crippen molar-refractivity contribution >= 4 is 123 Å². The van der Waals surface area contributed by atoms with Crippen LogP contribution in [0.25, 0.3) is 121 Å². The fourth-order valence-corrected chi connectivity index (χ4v) is 20.2. The van der Waals surface area contributed by atoms with Crippen LogP contribution in [0.3, 0.4) is 0 Å². The molecule has 0 amide bonds. The van der Waals surface area contributed by atoms with Crippen LogP contribution in [-0.4, -0.2) is 33.5 Å². The van der Waals surface area contributed by atoms with Crippen LogP contribution in [0.5, 0.6) is 0 Å². The summed E-state index contributed by atoms with van der Waals surface area (Å²) in [5, 5.41) is 4.90. The van der Waals surface area contributed by atoms with Gasteiger partial charge in [-0.15, -0.1) is 0 Å². The Hall–Kier alpha value is -14.4.